The maximum atomic E-state index is 11.9. The molecule has 2 rings (SSSR count). The zero-order chi connectivity index (χ0) is 16.5. The van der Waals surface area contributed by atoms with Crippen LogP contribution in [-0.2, 0) is 16.1 Å². The number of aliphatic carboxylic acids is 1. The molecular weight excluding hydrogens is 284 g/mol. The quantitative estimate of drug-likeness (QED) is 0.793. The van der Waals surface area contributed by atoms with Gasteiger partial charge in [-0.15, -0.1) is 0 Å². The van der Waals surface area contributed by atoms with Crippen LogP contribution in [0.3, 0.4) is 0 Å². The summed E-state index contributed by atoms with van der Waals surface area (Å²) in [6.07, 6.45) is 0.0584. The summed E-state index contributed by atoms with van der Waals surface area (Å²) in [5.74, 6) is -1.18. The molecule has 1 aromatic carbocycles. The van der Waals surface area contributed by atoms with Crippen molar-refractivity contribution in [2.45, 2.75) is 45.3 Å². The fourth-order valence-electron chi connectivity index (χ4n) is 2.52. The molecule has 0 spiro atoms. The molecule has 1 aromatic rings. The molecule has 0 aliphatic heterocycles. The normalized spacial score (nSPS) is 20.4. The van der Waals surface area contributed by atoms with E-state index in [0.29, 0.717) is 12.1 Å². The van der Waals surface area contributed by atoms with E-state index >= 15 is 0 Å². The molecule has 0 saturated heterocycles. The van der Waals surface area contributed by atoms with E-state index in [2.05, 4.69) is 5.32 Å². The number of nitrogens with two attached hydrogens (primary N) is 1. The van der Waals surface area contributed by atoms with Gasteiger partial charge in [-0.05, 0) is 50.3 Å². The van der Waals surface area contributed by atoms with Crippen LogP contribution in [0.1, 0.15) is 44.2 Å². The molecule has 0 heterocycles. The van der Waals surface area contributed by atoms with Gasteiger partial charge in [0.15, 0.2) is 0 Å². The van der Waals surface area contributed by atoms with Gasteiger partial charge in [-0.3, -0.25) is 10.1 Å². The minimum Gasteiger partial charge on any atom is -0.481 e. The highest BCUT2D eigenvalue weighted by atomic mass is 16.6. The summed E-state index contributed by atoms with van der Waals surface area (Å²) in [7, 11) is 0. The van der Waals surface area contributed by atoms with Crippen LogP contribution in [-0.4, -0.2) is 22.8 Å². The fourth-order valence-corrected chi connectivity index (χ4v) is 2.52. The molecule has 1 aliphatic rings. The number of hydrogen-bond donors (Lipinski definition) is 3. The van der Waals surface area contributed by atoms with Crippen molar-refractivity contribution < 1.29 is 19.4 Å². The first-order valence-corrected chi connectivity index (χ1v) is 7.27. The van der Waals surface area contributed by atoms with Crippen LogP contribution < -0.4 is 11.1 Å². The smallest absolute Gasteiger partial charge is 0.412 e. The summed E-state index contributed by atoms with van der Waals surface area (Å²) in [5.41, 5.74) is 7.45. The Kier molecular flexibility index (Phi) is 4.42. The topological polar surface area (TPSA) is 102 Å². The molecule has 1 amide bonds. The predicted octanol–water partition coefficient (Wildman–Crippen LogP) is 2.68. The summed E-state index contributed by atoms with van der Waals surface area (Å²) in [6.45, 7) is 5.58. The van der Waals surface area contributed by atoms with E-state index in [1.54, 1.807) is 32.9 Å². The number of hydrogen-bond acceptors (Lipinski definition) is 4. The van der Waals surface area contributed by atoms with E-state index in [1.807, 2.05) is 6.07 Å². The lowest BCUT2D eigenvalue weighted by Crippen LogP contribution is -2.27. The summed E-state index contributed by atoms with van der Waals surface area (Å²) >= 11 is 0. The predicted molar refractivity (Wildman–Crippen MR) is 82.7 cm³/mol. The maximum absolute atomic E-state index is 11.9. The van der Waals surface area contributed by atoms with Crippen LogP contribution in [0.5, 0.6) is 0 Å². The van der Waals surface area contributed by atoms with Gasteiger partial charge in [0.05, 0.1) is 5.92 Å². The van der Waals surface area contributed by atoms with Gasteiger partial charge in [-0.1, -0.05) is 12.1 Å². The van der Waals surface area contributed by atoms with Gasteiger partial charge in [-0.25, -0.2) is 4.79 Å². The lowest BCUT2D eigenvalue weighted by molar-refractivity contribution is -0.138. The van der Waals surface area contributed by atoms with Gasteiger partial charge in [0.2, 0.25) is 0 Å². The Morgan fingerprint density at radius 2 is 2.09 bits per heavy atom. The molecule has 0 radical (unpaired) electrons. The van der Waals surface area contributed by atoms with Gasteiger partial charge in [0, 0.05) is 12.2 Å². The molecule has 1 fully saturated rings. The van der Waals surface area contributed by atoms with Crippen molar-refractivity contribution in [2.75, 3.05) is 5.32 Å². The first kappa shape index (κ1) is 16.3. The number of nitrogens with one attached hydrogen (secondary N) is 1. The van der Waals surface area contributed by atoms with Gasteiger partial charge in [0.25, 0.3) is 0 Å². The number of anilines is 1. The Hall–Kier alpha value is -2.08. The highest BCUT2D eigenvalue weighted by Crippen LogP contribution is 2.49. The Balaban J connectivity index is 2.19. The zero-order valence-corrected chi connectivity index (χ0v) is 13.1. The number of carbonyl (C=O) groups excluding carboxylic acids is 1. The summed E-state index contributed by atoms with van der Waals surface area (Å²) in [5, 5.41) is 11.8. The fraction of sp³-hybridized carbons (Fsp3) is 0.500. The molecule has 0 bridgehead atoms. The highest BCUT2D eigenvalue weighted by Gasteiger charge is 2.45. The number of benzene rings is 1. The van der Waals surface area contributed by atoms with E-state index in [1.165, 1.54) is 0 Å². The van der Waals surface area contributed by atoms with E-state index < -0.39 is 17.7 Å². The molecule has 1 aliphatic carbocycles. The third kappa shape index (κ3) is 3.76. The molecule has 2 unspecified atom stereocenters. The third-order valence-electron chi connectivity index (χ3n) is 3.56. The second-order valence-corrected chi connectivity index (χ2v) is 6.49. The largest absolute Gasteiger partial charge is 0.481 e. The van der Waals surface area contributed by atoms with Crippen molar-refractivity contribution in [1.82, 2.24) is 0 Å². The lowest BCUT2D eigenvalue weighted by atomic mass is 10.00. The Morgan fingerprint density at radius 1 is 1.41 bits per heavy atom. The van der Waals surface area contributed by atoms with E-state index in [-0.39, 0.29) is 18.4 Å². The van der Waals surface area contributed by atoms with Crippen molar-refractivity contribution >= 4 is 17.7 Å². The van der Waals surface area contributed by atoms with Crippen LogP contribution in [0, 0.1) is 5.92 Å². The zero-order valence-electron chi connectivity index (χ0n) is 13.1. The molecule has 6 nitrogen and oxygen atoms in total. The SMILES string of the molecule is CC(C)(C)OC(=O)Nc1cccc(C2CC2C(=O)O)c1CN. The maximum Gasteiger partial charge on any atom is 0.412 e. The van der Waals surface area contributed by atoms with Crippen molar-refractivity contribution in [1.29, 1.82) is 0 Å². The van der Waals surface area contributed by atoms with E-state index in [4.69, 9.17) is 15.6 Å². The Morgan fingerprint density at radius 3 is 2.59 bits per heavy atom. The van der Waals surface area contributed by atoms with Crippen molar-refractivity contribution in [3.05, 3.63) is 29.3 Å². The number of rotatable bonds is 4. The molecular formula is C16H22N2O4. The molecule has 6 heteroatoms. The molecule has 1 saturated carbocycles. The highest BCUT2D eigenvalue weighted by molar-refractivity contribution is 5.86. The van der Waals surface area contributed by atoms with Gasteiger partial charge in [0.1, 0.15) is 5.60 Å². The monoisotopic (exact) mass is 306 g/mol. The Bertz CT molecular complexity index is 592. The van der Waals surface area contributed by atoms with E-state index in [9.17, 15) is 9.59 Å². The average molecular weight is 306 g/mol. The standard InChI is InChI=1S/C16H22N2O4/c1-16(2,3)22-15(21)18-13-6-4-5-9(12(13)8-17)10-7-11(10)14(19)20/h4-6,10-11H,7-8,17H2,1-3H3,(H,18,21)(H,19,20). The number of ether oxygens (including phenoxy) is 1. The average Bonchev–Trinajstić information content (AvgIpc) is 3.16. The van der Waals surface area contributed by atoms with Gasteiger partial charge >= 0.3 is 12.1 Å². The molecule has 22 heavy (non-hydrogen) atoms. The second kappa shape index (κ2) is 5.96. The molecule has 120 valence electrons. The summed E-state index contributed by atoms with van der Waals surface area (Å²) < 4.78 is 5.23. The first-order chi connectivity index (χ1) is 10.2. The number of amides is 1. The molecule has 2 atom stereocenters. The number of carboxylic acid groups (broad SMARTS) is 1. The van der Waals surface area contributed by atoms with Gasteiger partial charge < -0.3 is 15.6 Å². The van der Waals surface area contributed by atoms with E-state index in [0.717, 1.165) is 11.1 Å². The van der Waals surface area contributed by atoms with Crippen molar-refractivity contribution in [2.24, 2.45) is 11.7 Å². The number of carboxylic acids is 1. The van der Waals surface area contributed by atoms with Crippen LogP contribution in [0.4, 0.5) is 10.5 Å². The second-order valence-electron chi connectivity index (χ2n) is 6.49. The van der Waals surface area contributed by atoms with Crippen molar-refractivity contribution in [3.8, 4) is 0 Å². The van der Waals surface area contributed by atoms with Crippen LogP contribution in [0.25, 0.3) is 0 Å². The molecule has 0 aromatic heterocycles. The Labute approximate surface area is 129 Å². The van der Waals surface area contributed by atoms with Crippen LogP contribution in [0.15, 0.2) is 18.2 Å². The summed E-state index contributed by atoms with van der Waals surface area (Å²) in [6, 6.07) is 5.41. The first-order valence-electron chi connectivity index (χ1n) is 7.27. The number of carbonyl (C=O) groups is 2. The van der Waals surface area contributed by atoms with Gasteiger partial charge in [-0.2, -0.15) is 0 Å². The lowest BCUT2D eigenvalue weighted by Gasteiger charge is -2.21. The summed E-state index contributed by atoms with van der Waals surface area (Å²) in [4.78, 5) is 22.9. The minimum atomic E-state index is -0.793. The molecule has 4 N–H and O–H groups in total. The van der Waals surface area contributed by atoms with Crippen LogP contribution >= 0.6 is 0 Å². The minimum absolute atomic E-state index is 0.0311. The third-order valence-corrected chi connectivity index (χ3v) is 3.56. The van der Waals surface area contributed by atoms with Crippen molar-refractivity contribution in [3.63, 3.8) is 0 Å². The van der Waals surface area contributed by atoms with Crippen LogP contribution in [0.2, 0.25) is 0 Å².